The molecule has 1 heterocycles. The summed E-state index contributed by atoms with van der Waals surface area (Å²) in [6.45, 7) is 1.90. The maximum atomic E-state index is 12.5. The number of ether oxygens (including phenoxy) is 1. The van der Waals surface area contributed by atoms with Gasteiger partial charge in [-0.1, -0.05) is 30.5 Å². The van der Waals surface area contributed by atoms with E-state index < -0.39 is 10.0 Å². The maximum Gasteiger partial charge on any atom is 0.261 e. The fourth-order valence-electron chi connectivity index (χ4n) is 3.56. The SMILES string of the molecule is Cc1ccc(S(=O)(=O)Nc2ccc(Oc3ccc(C(=O)NC4CCCC4)cn3)cc2)cc1. The van der Waals surface area contributed by atoms with Gasteiger partial charge in [0.25, 0.3) is 15.9 Å². The molecule has 0 spiro atoms. The van der Waals surface area contributed by atoms with Gasteiger partial charge in [-0.15, -0.1) is 0 Å². The zero-order valence-corrected chi connectivity index (χ0v) is 18.6. The third kappa shape index (κ3) is 5.45. The molecule has 166 valence electrons. The van der Waals surface area contributed by atoms with Crippen molar-refractivity contribution in [2.24, 2.45) is 0 Å². The zero-order valence-electron chi connectivity index (χ0n) is 17.7. The third-order valence-corrected chi connectivity index (χ3v) is 6.75. The number of nitrogens with one attached hydrogen (secondary N) is 2. The number of hydrogen-bond donors (Lipinski definition) is 2. The fraction of sp³-hybridized carbons (Fsp3) is 0.250. The van der Waals surface area contributed by atoms with Crippen molar-refractivity contribution in [3.05, 3.63) is 78.0 Å². The molecule has 2 N–H and O–H groups in total. The predicted octanol–water partition coefficient (Wildman–Crippen LogP) is 4.66. The number of amides is 1. The Balaban J connectivity index is 1.36. The number of sulfonamides is 1. The second-order valence-corrected chi connectivity index (χ2v) is 9.57. The number of rotatable bonds is 7. The number of nitrogens with zero attached hydrogens (tertiary/aromatic N) is 1. The van der Waals surface area contributed by atoms with Crippen LogP contribution in [0.3, 0.4) is 0 Å². The number of carbonyl (C=O) groups is 1. The van der Waals surface area contributed by atoms with Crippen LogP contribution in [0.4, 0.5) is 5.69 Å². The average molecular weight is 452 g/mol. The van der Waals surface area contributed by atoms with Crippen LogP contribution in [0.15, 0.2) is 71.8 Å². The summed E-state index contributed by atoms with van der Waals surface area (Å²) < 4.78 is 33.3. The highest BCUT2D eigenvalue weighted by Gasteiger charge is 2.18. The van der Waals surface area contributed by atoms with Crippen LogP contribution in [0.1, 0.15) is 41.6 Å². The third-order valence-electron chi connectivity index (χ3n) is 5.35. The zero-order chi connectivity index (χ0) is 22.6. The molecule has 1 aliphatic carbocycles. The number of hydrogen-bond acceptors (Lipinski definition) is 5. The first-order valence-electron chi connectivity index (χ1n) is 10.5. The number of aromatic nitrogens is 1. The summed E-state index contributed by atoms with van der Waals surface area (Å²) in [5.41, 5.74) is 1.90. The van der Waals surface area contributed by atoms with Crippen molar-refractivity contribution in [3.63, 3.8) is 0 Å². The van der Waals surface area contributed by atoms with Crippen molar-refractivity contribution in [2.75, 3.05) is 4.72 Å². The molecule has 1 aromatic heterocycles. The molecule has 0 unspecified atom stereocenters. The minimum Gasteiger partial charge on any atom is -0.439 e. The second-order valence-electron chi connectivity index (χ2n) is 7.88. The van der Waals surface area contributed by atoms with E-state index in [1.807, 2.05) is 6.92 Å². The molecule has 0 atom stereocenters. The smallest absolute Gasteiger partial charge is 0.261 e. The molecule has 32 heavy (non-hydrogen) atoms. The highest BCUT2D eigenvalue weighted by atomic mass is 32.2. The van der Waals surface area contributed by atoms with Crippen molar-refractivity contribution >= 4 is 21.6 Å². The van der Waals surface area contributed by atoms with E-state index in [9.17, 15) is 13.2 Å². The molecular weight excluding hydrogens is 426 g/mol. The molecule has 0 bridgehead atoms. The first kappa shape index (κ1) is 21.8. The van der Waals surface area contributed by atoms with Crippen molar-refractivity contribution in [3.8, 4) is 11.6 Å². The summed E-state index contributed by atoms with van der Waals surface area (Å²) in [5, 5.41) is 3.03. The van der Waals surface area contributed by atoms with Gasteiger partial charge in [-0.3, -0.25) is 9.52 Å². The van der Waals surface area contributed by atoms with E-state index in [0.717, 1.165) is 31.2 Å². The summed E-state index contributed by atoms with van der Waals surface area (Å²) in [6.07, 6.45) is 5.85. The quantitative estimate of drug-likeness (QED) is 0.545. The van der Waals surface area contributed by atoms with Crippen LogP contribution in [0, 0.1) is 6.92 Å². The molecule has 2 aromatic carbocycles. The Labute approximate surface area is 187 Å². The van der Waals surface area contributed by atoms with E-state index in [-0.39, 0.29) is 16.8 Å². The molecule has 0 saturated heterocycles. The molecule has 8 heteroatoms. The van der Waals surface area contributed by atoms with Crippen LogP contribution in [-0.4, -0.2) is 25.4 Å². The maximum absolute atomic E-state index is 12.5. The first-order valence-corrected chi connectivity index (χ1v) is 12.0. The Morgan fingerprint density at radius 1 is 0.969 bits per heavy atom. The van der Waals surface area contributed by atoms with Crippen LogP contribution >= 0.6 is 0 Å². The lowest BCUT2D eigenvalue weighted by molar-refractivity contribution is 0.0937. The van der Waals surface area contributed by atoms with Crippen LogP contribution in [0.25, 0.3) is 0 Å². The van der Waals surface area contributed by atoms with Crippen LogP contribution in [0.5, 0.6) is 11.6 Å². The minimum atomic E-state index is -3.66. The Morgan fingerprint density at radius 2 is 1.66 bits per heavy atom. The van der Waals surface area contributed by atoms with E-state index in [0.29, 0.717) is 22.9 Å². The van der Waals surface area contributed by atoms with Gasteiger partial charge < -0.3 is 10.1 Å². The highest BCUT2D eigenvalue weighted by molar-refractivity contribution is 7.92. The number of carbonyl (C=O) groups excluding carboxylic acids is 1. The summed E-state index contributed by atoms with van der Waals surface area (Å²) in [4.78, 5) is 16.7. The first-order chi connectivity index (χ1) is 15.4. The van der Waals surface area contributed by atoms with Gasteiger partial charge in [0.15, 0.2) is 0 Å². The second kappa shape index (κ2) is 9.40. The number of pyridine rings is 1. The monoisotopic (exact) mass is 451 g/mol. The van der Waals surface area contributed by atoms with Crippen molar-refractivity contribution in [1.82, 2.24) is 10.3 Å². The molecule has 1 saturated carbocycles. The van der Waals surface area contributed by atoms with E-state index in [1.54, 1.807) is 60.7 Å². The van der Waals surface area contributed by atoms with Gasteiger partial charge in [-0.2, -0.15) is 0 Å². The molecule has 1 amide bonds. The molecule has 7 nitrogen and oxygen atoms in total. The van der Waals surface area contributed by atoms with Gasteiger partial charge in [-0.25, -0.2) is 13.4 Å². The Hall–Kier alpha value is -3.39. The van der Waals surface area contributed by atoms with Gasteiger partial charge in [0.2, 0.25) is 5.88 Å². The molecule has 4 rings (SSSR count). The van der Waals surface area contributed by atoms with E-state index in [4.69, 9.17) is 4.74 Å². The fourth-order valence-corrected chi connectivity index (χ4v) is 4.62. The summed E-state index contributed by atoms with van der Waals surface area (Å²) in [6, 6.07) is 16.7. The van der Waals surface area contributed by atoms with Crippen molar-refractivity contribution in [1.29, 1.82) is 0 Å². The lowest BCUT2D eigenvalue weighted by Crippen LogP contribution is -2.32. The van der Waals surface area contributed by atoms with Gasteiger partial charge in [0, 0.05) is 24.0 Å². The molecule has 3 aromatic rings. The summed E-state index contributed by atoms with van der Waals surface area (Å²) in [7, 11) is -3.66. The Bertz CT molecular complexity index is 1170. The Morgan fingerprint density at radius 3 is 2.28 bits per heavy atom. The topological polar surface area (TPSA) is 97.4 Å². The summed E-state index contributed by atoms with van der Waals surface area (Å²) in [5.74, 6) is 0.718. The number of benzene rings is 2. The molecule has 1 aliphatic rings. The average Bonchev–Trinajstić information content (AvgIpc) is 3.29. The van der Waals surface area contributed by atoms with Gasteiger partial charge in [0.05, 0.1) is 10.5 Å². The molecule has 0 radical (unpaired) electrons. The van der Waals surface area contributed by atoms with Gasteiger partial charge >= 0.3 is 0 Å². The lowest BCUT2D eigenvalue weighted by atomic mass is 10.2. The molecular formula is C24H25N3O4S. The highest BCUT2D eigenvalue weighted by Crippen LogP contribution is 2.24. The van der Waals surface area contributed by atoms with E-state index >= 15 is 0 Å². The number of anilines is 1. The van der Waals surface area contributed by atoms with Crippen molar-refractivity contribution < 1.29 is 17.9 Å². The molecule has 0 aliphatic heterocycles. The minimum absolute atomic E-state index is 0.124. The predicted molar refractivity (Wildman–Crippen MR) is 122 cm³/mol. The lowest BCUT2D eigenvalue weighted by Gasteiger charge is -2.12. The summed E-state index contributed by atoms with van der Waals surface area (Å²) >= 11 is 0. The van der Waals surface area contributed by atoms with Gasteiger partial charge in [0.1, 0.15) is 5.75 Å². The van der Waals surface area contributed by atoms with Crippen LogP contribution in [-0.2, 0) is 10.0 Å². The normalized spacial score (nSPS) is 14.2. The van der Waals surface area contributed by atoms with Gasteiger partial charge in [-0.05, 0) is 62.2 Å². The number of aryl methyl sites for hydroxylation is 1. The van der Waals surface area contributed by atoms with E-state index in [2.05, 4.69) is 15.0 Å². The van der Waals surface area contributed by atoms with Crippen LogP contribution < -0.4 is 14.8 Å². The van der Waals surface area contributed by atoms with Crippen molar-refractivity contribution in [2.45, 2.75) is 43.5 Å². The Kier molecular flexibility index (Phi) is 6.41. The standard InChI is InChI=1S/C24H25N3O4S/c1-17-6-13-22(14-7-17)32(29,30)27-20-9-11-21(12-10-20)31-23-15-8-18(16-25-23)24(28)26-19-4-2-3-5-19/h6-16,19,27H,2-5H2,1H3,(H,26,28). The molecule has 1 fully saturated rings. The van der Waals surface area contributed by atoms with Crippen LogP contribution in [0.2, 0.25) is 0 Å². The largest absolute Gasteiger partial charge is 0.439 e. The van der Waals surface area contributed by atoms with E-state index in [1.165, 1.54) is 6.20 Å².